The largest absolute Gasteiger partial charge is 0.336 e. The van der Waals surface area contributed by atoms with E-state index in [2.05, 4.69) is 19.1 Å². The van der Waals surface area contributed by atoms with E-state index in [4.69, 9.17) is 0 Å². The van der Waals surface area contributed by atoms with Gasteiger partial charge in [0.2, 0.25) is 5.91 Å². The standard InChI is InChI=1S/C13H17NO/c1-10-8-9-14(13(10)15)11(2)12-6-4-3-5-7-12/h3-7,10-11H,8-9H2,1-2H3/t10?,11-/m1/s1. The second-order valence-corrected chi connectivity index (χ2v) is 4.31. The van der Waals surface area contributed by atoms with E-state index in [-0.39, 0.29) is 12.0 Å². The van der Waals surface area contributed by atoms with E-state index in [9.17, 15) is 4.79 Å². The molecule has 0 N–H and O–H groups in total. The van der Waals surface area contributed by atoms with Crippen LogP contribution in [0, 0.1) is 5.92 Å². The Morgan fingerprint density at radius 1 is 1.33 bits per heavy atom. The Labute approximate surface area is 90.9 Å². The first kappa shape index (κ1) is 10.2. The molecule has 1 aromatic rings. The lowest BCUT2D eigenvalue weighted by Crippen LogP contribution is -2.29. The zero-order valence-corrected chi connectivity index (χ0v) is 9.31. The Morgan fingerprint density at radius 2 is 2.00 bits per heavy atom. The fourth-order valence-corrected chi connectivity index (χ4v) is 2.15. The zero-order chi connectivity index (χ0) is 10.8. The molecule has 1 aliphatic heterocycles. The van der Waals surface area contributed by atoms with Gasteiger partial charge < -0.3 is 4.90 Å². The molecule has 1 saturated heterocycles. The predicted octanol–water partition coefficient (Wildman–Crippen LogP) is 2.62. The quantitative estimate of drug-likeness (QED) is 0.723. The molecular formula is C13H17NO. The van der Waals surface area contributed by atoms with E-state index in [1.165, 1.54) is 5.56 Å². The van der Waals surface area contributed by atoms with Gasteiger partial charge in [0.1, 0.15) is 0 Å². The predicted molar refractivity (Wildman–Crippen MR) is 60.4 cm³/mol. The third-order valence-electron chi connectivity index (χ3n) is 3.26. The van der Waals surface area contributed by atoms with Crippen LogP contribution in [0.25, 0.3) is 0 Å². The molecule has 0 saturated carbocycles. The summed E-state index contributed by atoms with van der Waals surface area (Å²) in [4.78, 5) is 13.8. The smallest absolute Gasteiger partial charge is 0.225 e. The van der Waals surface area contributed by atoms with Gasteiger partial charge in [-0.25, -0.2) is 0 Å². The molecule has 0 aliphatic carbocycles. The summed E-state index contributed by atoms with van der Waals surface area (Å²) in [6.45, 7) is 5.02. The van der Waals surface area contributed by atoms with Gasteiger partial charge in [-0.3, -0.25) is 4.79 Å². The third kappa shape index (κ3) is 1.89. The van der Waals surface area contributed by atoms with E-state index in [1.807, 2.05) is 30.0 Å². The first-order valence-corrected chi connectivity index (χ1v) is 5.55. The van der Waals surface area contributed by atoms with Crippen LogP contribution in [0.1, 0.15) is 31.9 Å². The molecule has 1 aliphatic rings. The van der Waals surface area contributed by atoms with Crippen LogP contribution in [-0.2, 0) is 4.79 Å². The van der Waals surface area contributed by atoms with Crippen LogP contribution in [0.4, 0.5) is 0 Å². The van der Waals surface area contributed by atoms with E-state index in [1.54, 1.807) is 0 Å². The van der Waals surface area contributed by atoms with Gasteiger partial charge in [0.25, 0.3) is 0 Å². The monoisotopic (exact) mass is 203 g/mol. The highest BCUT2D eigenvalue weighted by Gasteiger charge is 2.31. The molecule has 0 spiro atoms. The first-order valence-electron chi connectivity index (χ1n) is 5.55. The summed E-state index contributed by atoms with van der Waals surface area (Å²) in [5.74, 6) is 0.502. The number of likely N-dealkylation sites (tertiary alicyclic amines) is 1. The van der Waals surface area contributed by atoms with Crippen molar-refractivity contribution in [2.75, 3.05) is 6.54 Å². The second-order valence-electron chi connectivity index (χ2n) is 4.31. The Hall–Kier alpha value is -1.31. The summed E-state index contributed by atoms with van der Waals surface area (Å²) in [6, 6.07) is 10.4. The molecule has 2 heteroatoms. The Kier molecular flexibility index (Phi) is 2.76. The summed E-state index contributed by atoms with van der Waals surface area (Å²) in [7, 11) is 0. The fraction of sp³-hybridized carbons (Fsp3) is 0.462. The maximum Gasteiger partial charge on any atom is 0.225 e. The number of nitrogens with zero attached hydrogens (tertiary/aromatic N) is 1. The fourth-order valence-electron chi connectivity index (χ4n) is 2.15. The summed E-state index contributed by atoms with van der Waals surface area (Å²) in [5.41, 5.74) is 1.22. The molecule has 1 heterocycles. The Bertz CT molecular complexity index is 347. The third-order valence-corrected chi connectivity index (χ3v) is 3.26. The summed E-state index contributed by atoms with van der Waals surface area (Å²) < 4.78 is 0. The van der Waals surface area contributed by atoms with Crippen molar-refractivity contribution < 1.29 is 4.79 Å². The Balaban J connectivity index is 2.16. The van der Waals surface area contributed by atoms with Crippen molar-refractivity contribution in [2.24, 2.45) is 5.92 Å². The minimum Gasteiger partial charge on any atom is -0.336 e. The molecule has 0 aromatic heterocycles. The van der Waals surface area contributed by atoms with E-state index in [0.717, 1.165) is 13.0 Å². The summed E-state index contributed by atoms with van der Waals surface area (Å²) in [6.07, 6.45) is 0.996. The van der Waals surface area contributed by atoms with Crippen LogP contribution < -0.4 is 0 Å². The van der Waals surface area contributed by atoms with Gasteiger partial charge in [-0.1, -0.05) is 37.3 Å². The maximum atomic E-state index is 11.8. The lowest BCUT2D eigenvalue weighted by atomic mass is 10.1. The van der Waals surface area contributed by atoms with Gasteiger partial charge in [-0.2, -0.15) is 0 Å². The number of carbonyl (C=O) groups is 1. The average molecular weight is 203 g/mol. The van der Waals surface area contributed by atoms with Crippen LogP contribution in [0.5, 0.6) is 0 Å². The van der Waals surface area contributed by atoms with Crippen LogP contribution in [0.15, 0.2) is 30.3 Å². The number of benzene rings is 1. The highest BCUT2D eigenvalue weighted by molar-refractivity contribution is 5.80. The van der Waals surface area contributed by atoms with Gasteiger partial charge in [0, 0.05) is 12.5 Å². The molecule has 1 fully saturated rings. The summed E-state index contributed by atoms with van der Waals surface area (Å²) >= 11 is 0. The summed E-state index contributed by atoms with van der Waals surface area (Å²) in [5, 5.41) is 0. The number of hydrogen-bond donors (Lipinski definition) is 0. The first-order chi connectivity index (χ1) is 7.20. The lowest BCUT2D eigenvalue weighted by molar-refractivity contribution is -0.132. The van der Waals surface area contributed by atoms with Crippen molar-refractivity contribution in [3.8, 4) is 0 Å². The molecular weight excluding hydrogens is 186 g/mol. The lowest BCUT2D eigenvalue weighted by Gasteiger charge is -2.24. The second kappa shape index (κ2) is 4.05. The molecule has 2 nitrogen and oxygen atoms in total. The molecule has 15 heavy (non-hydrogen) atoms. The topological polar surface area (TPSA) is 20.3 Å². The molecule has 1 aromatic carbocycles. The zero-order valence-electron chi connectivity index (χ0n) is 9.31. The minimum absolute atomic E-state index is 0.205. The van der Waals surface area contributed by atoms with Crippen molar-refractivity contribution in [1.29, 1.82) is 0 Å². The van der Waals surface area contributed by atoms with Gasteiger partial charge in [-0.15, -0.1) is 0 Å². The average Bonchev–Trinajstić information content (AvgIpc) is 2.60. The van der Waals surface area contributed by atoms with E-state index in [0.29, 0.717) is 5.91 Å². The maximum absolute atomic E-state index is 11.8. The van der Waals surface area contributed by atoms with Gasteiger partial charge in [-0.05, 0) is 18.9 Å². The Morgan fingerprint density at radius 3 is 2.53 bits per heavy atom. The van der Waals surface area contributed by atoms with Gasteiger partial charge in [0.05, 0.1) is 6.04 Å². The van der Waals surface area contributed by atoms with E-state index >= 15 is 0 Å². The van der Waals surface area contributed by atoms with Crippen molar-refractivity contribution >= 4 is 5.91 Å². The van der Waals surface area contributed by atoms with Crippen molar-refractivity contribution in [3.63, 3.8) is 0 Å². The number of hydrogen-bond acceptors (Lipinski definition) is 1. The minimum atomic E-state index is 0.205. The van der Waals surface area contributed by atoms with Crippen LogP contribution >= 0.6 is 0 Å². The van der Waals surface area contributed by atoms with E-state index < -0.39 is 0 Å². The van der Waals surface area contributed by atoms with Crippen molar-refractivity contribution in [3.05, 3.63) is 35.9 Å². The molecule has 0 bridgehead atoms. The molecule has 1 unspecified atom stereocenters. The highest BCUT2D eigenvalue weighted by atomic mass is 16.2. The van der Waals surface area contributed by atoms with Crippen LogP contribution in [0.2, 0.25) is 0 Å². The highest BCUT2D eigenvalue weighted by Crippen LogP contribution is 2.27. The van der Waals surface area contributed by atoms with Crippen LogP contribution in [-0.4, -0.2) is 17.4 Å². The normalized spacial score (nSPS) is 23.2. The van der Waals surface area contributed by atoms with Gasteiger partial charge in [0.15, 0.2) is 0 Å². The number of carbonyl (C=O) groups excluding carboxylic acids is 1. The SMILES string of the molecule is CC1CCN([C@H](C)c2ccccc2)C1=O. The number of rotatable bonds is 2. The van der Waals surface area contributed by atoms with Crippen molar-refractivity contribution in [2.45, 2.75) is 26.3 Å². The van der Waals surface area contributed by atoms with Crippen molar-refractivity contribution in [1.82, 2.24) is 4.90 Å². The molecule has 1 amide bonds. The molecule has 2 rings (SSSR count). The number of amides is 1. The molecule has 80 valence electrons. The van der Waals surface area contributed by atoms with Crippen LogP contribution in [0.3, 0.4) is 0 Å². The van der Waals surface area contributed by atoms with Gasteiger partial charge >= 0.3 is 0 Å². The molecule has 2 atom stereocenters. The molecule has 0 radical (unpaired) electrons.